The van der Waals surface area contributed by atoms with Crippen LogP contribution in [0.25, 0.3) is 0 Å². The number of hydrogen-bond acceptors (Lipinski definition) is 1. The van der Waals surface area contributed by atoms with Crippen molar-refractivity contribution in [2.24, 2.45) is 22.6 Å². The van der Waals surface area contributed by atoms with Crippen molar-refractivity contribution in [1.82, 2.24) is 0 Å². The van der Waals surface area contributed by atoms with E-state index >= 15 is 0 Å². The first-order valence-electron chi connectivity index (χ1n) is 5.63. The van der Waals surface area contributed by atoms with Gasteiger partial charge in [-0.15, -0.1) is 0 Å². The number of rotatable bonds is 5. The number of nitrogens with zero attached hydrogens (tertiary/aromatic N) is 1. The quantitative estimate of drug-likeness (QED) is 0.512. The van der Waals surface area contributed by atoms with Crippen LogP contribution in [0.4, 0.5) is 0 Å². The van der Waals surface area contributed by atoms with E-state index in [0.717, 1.165) is 30.5 Å². The van der Waals surface area contributed by atoms with Gasteiger partial charge in [0.15, 0.2) is 0 Å². The molecule has 0 aliphatic heterocycles. The first kappa shape index (κ1) is 9.04. The van der Waals surface area contributed by atoms with Crippen LogP contribution in [0.5, 0.6) is 0 Å². The summed E-state index contributed by atoms with van der Waals surface area (Å²) in [7, 11) is 0. The van der Waals surface area contributed by atoms with E-state index in [-0.39, 0.29) is 0 Å². The maximum Gasteiger partial charge on any atom is 0.0940 e. The molecule has 2 rings (SSSR count). The SMILES string of the molecule is CCCC(N)=NC(C1CC1)C1CC1. The molecular formula is C11H20N2. The zero-order valence-electron chi connectivity index (χ0n) is 8.50. The summed E-state index contributed by atoms with van der Waals surface area (Å²) in [6, 6.07) is 0.603. The van der Waals surface area contributed by atoms with Gasteiger partial charge in [0.25, 0.3) is 0 Å². The largest absolute Gasteiger partial charge is 0.387 e. The van der Waals surface area contributed by atoms with Gasteiger partial charge in [-0.05, 0) is 43.9 Å². The summed E-state index contributed by atoms with van der Waals surface area (Å²) >= 11 is 0. The second kappa shape index (κ2) is 3.69. The number of aliphatic imine (C=N–C) groups is 1. The van der Waals surface area contributed by atoms with E-state index in [1.54, 1.807) is 0 Å². The van der Waals surface area contributed by atoms with Crippen LogP contribution in [0.15, 0.2) is 4.99 Å². The topological polar surface area (TPSA) is 38.4 Å². The monoisotopic (exact) mass is 180 g/mol. The molecule has 2 aliphatic rings. The fraction of sp³-hybridized carbons (Fsp3) is 0.909. The van der Waals surface area contributed by atoms with Crippen LogP contribution in [-0.4, -0.2) is 11.9 Å². The molecule has 0 atom stereocenters. The molecule has 0 aromatic rings. The average molecular weight is 180 g/mol. The van der Waals surface area contributed by atoms with Crippen molar-refractivity contribution in [3.63, 3.8) is 0 Å². The normalized spacial score (nSPS) is 24.0. The maximum absolute atomic E-state index is 5.87. The van der Waals surface area contributed by atoms with E-state index < -0.39 is 0 Å². The number of hydrogen-bond donors (Lipinski definition) is 1. The van der Waals surface area contributed by atoms with Crippen LogP contribution in [0.3, 0.4) is 0 Å². The lowest BCUT2D eigenvalue weighted by molar-refractivity contribution is 0.531. The molecule has 0 saturated heterocycles. The van der Waals surface area contributed by atoms with Crippen LogP contribution < -0.4 is 5.73 Å². The molecule has 2 heteroatoms. The van der Waals surface area contributed by atoms with E-state index in [2.05, 4.69) is 11.9 Å². The molecule has 74 valence electrons. The Labute approximate surface area is 80.6 Å². The molecule has 0 unspecified atom stereocenters. The molecule has 2 N–H and O–H groups in total. The van der Waals surface area contributed by atoms with Gasteiger partial charge in [-0.3, -0.25) is 4.99 Å². The lowest BCUT2D eigenvalue weighted by Crippen LogP contribution is -2.19. The number of nitrogens with two attached hydrogens (primary N) is 1. The smallest absolute Gasteiger partial charge is 0.0940 e. The van der Waals surface area contributed by atoms with Crippen molar-refractivity contribution < 1.29 is 0 Å². The molecule has 0 aromatic heterocycles. The molecule has 2 aliphatic carbocycles. The van der Waals surface area contributed by atoms with Gasteiger partial charge in [0.2, 0.25) is 0 Å². The van der Waals surface area contributed by atoms with Gasteiger partial charge < -0.3 is 5.73 Å². The highest BCUT2D eigenvalue weighted by atomic mass is 14.9. The minimum atomic E-state index is 0.603. The zero-order valence-corrected chi connectivity index (χ0v) is 8.50. The highest BCUT2D eigenvalue weighted by Gasteiger charge is 2.41. The Morgan fingerprint density at radius 2 is 1.85 bits per heavy atom. The Kier molecular flexibility index (Phi) is 2.56. The predicted molar refractivity (Wildman–Crippen MR) is 55.8 cm³/mol. The van der Waals surface area contributed by atoms with E-state index in [1.807, 2.05) is 0 Å². The molecular weight excluding hydrogens is 160 g/mol. The van der Waals surface area contributed by atoms with E-state index in [4.69, 9.17) is 5.73 Å². The third kappa shape index (κ3) is 2.45. The third-order valence-corrected chi connectivity index (χ3v) is 3.03. The molecule has 2 fully saturated rings. The summed E-state index contributed by atoms with van der Waals surface area (Å²) in [5, 5.41) is 0. The molecule has 0 spiro atoms. The molecule has 2 nitrogen and oxygen atoms in total. The summed E-state index contributed by atoms with van der Waals surface area (Å²) in [4.78, 5) is 4.68. The Morgan fingerprint density at radius 1 is 1.31 bits per heavy atom. The highest BCUT2D eigenvalue weighted by Crippen LogP contribution is 2.46. The predicted octanol–water partition coefficient (Wildman–Crippen LogP) is 2.33. The lowest BCUT2D eigenvalue weighted by Gasteiger charge is -2.10. The zero-order chi connectivity index (χ0) is 9.26. The van der Waals surface area contributed by atoms with Gasteiger partial charge in [0.05, 0.1) is 11.9 Å². The first-order valence-corrected chi connectivity index (χ1v) is 5.63. The Morgan fingerprint density at radius 3 is 2.23 bits per heavy atom. The van der Waals surface area contributed by atoms with Crippen LogP contribution >= 0.6 is 0 Å². The van der Waals surface area contributed by atoms with Gasteiger partial charge in [0.1, 0.15) is 0 Å². The molecule has 0 amide bonds. The minimum Gasteiger partial charge on any atom is -0.387 e. The maximum atomic E-state index is 5.87. The first-order chi connectivity index (χ1) is 6.31. The minimum absolute atomic E-state index is 0.603. The molecule has 2 saturated carbocycles. The van der Waals surface area contributed by atoms with Gasteiger partial charge in [-0.25, -0.2) is 0 Å². The Hall–Kier alpha value is -0.530. The van der Waals surface area contributed by atoms with E-state index in [1.165, 1.54) is 25.7 Å². The Bertz CT molecular complexity index is 190. The van der Waals surface area contributed by atoms with Crippen molar-refractivity contribution in [3.05, 3.63) is 0 Å². The molecule has 0 bridgehead atoms. The second-order valence-corrected chi connectivity index (χ2v) is 4.54. The van der Waals surface area contributed by atoms with Gasteiger partial charge in [0, 0.05) is 6.42 Å². The molecule has 0 radical (unpaired) electrons. The standard InChI is InChI=1S/C11H20N2/c1-2-3-10(12)13-11(8-4-5-8)9-6-7-9/h8-9,11H,2-7H2,1H3,(H2,12,13). The van der Waals surface area contributed by atoms with Gasteiger partial charge in [-0.1, -0.05) is 6.92 Å². The van der Waals surface area contributed by atoms with Crippen molar-refractivity contribution >= 4 is 5.84 Å². The van der Waals surface area contributed by atoms with Crippen molar-refractivity contribution in [1.29, 1.82) is 0 Å². The molecule has 0 heterocycles. The van der Waals surface area contributed by atoms with Crippen LogP contribution in [0.2, 0.25) is 0 Å². The van der Waals surface area contributed by atoms with Crippen LogP contribution in [-0.2, 0) is 0 Å². The van der Waals surface area contributed by atoms with Crippen molar-refractivity contribution in [2.45, 2.75) is 51.5 Å². The van der Waals surface area contributed by atoms with Crippen LogP contribution in [0.1, 0.15) is 45.4 Å². The van der Waals surface area contributed by atoms with Crippen molar-refractivity contribution in [3.8, 4) is 0 Å². The Balaban J connectivity index is 1.90. The summed E-state index contributed by atoms with van der Waals surface area (Å²) in [5.41, 5.74) is 5.87. The van der Waals surface area contributed by atoms with Gasteiger partial charge in [-0.2, -0.15) is 0 Å². The van der Waals surface area contributed by atoms with E-state index in [0.29, 0.717) is 6.04 Å². The molecule has 13 heavy (non-hydrogen) atoms. The average Bonchev–Trinajstić information content (AvgIpc) is 2.95. The summed E-state index contributed by atoms with van der Waals surface area (Å²) in [6.07, 6.45) is 7.68. The fourth-order valence-electron chi connectivity index (χ4n) is 1.98. The van der Waals surface area contributed by atoms with Crippen molar-refractivity contribution in [2.75, 3.05) is 0 Å². The summed E-state index contributed by atoms with van der Waals surface area (Å²) < 4.78 is 0. The highest BCUT2D eigenvalue weighted by molar-refractivity contribution is 5.80. The second-order valence-electron chi connectivity index (χ2n) is 4.54. The third-order valence-electron chi connectivity index (χ3n) is 3.03. The number of amidine groups is 1. The summed E-state index contributed by atoms with van der Waals surface area (Å²) in [6.45, 7) is 2.16. The lowest BCUT2D eigenvalue weighted by atomic mass is 10.1. The van der Waals surface area contributed by atoms with Gasteiger partial charge >= 0.3 is 0 Å². The summed E-state index contributed by atoms with van der Waals surface area (Å²) in [5.74, 6) is 2.68. The molecule has 0 aromatic carbocycles. The van der Waals surface area contributed by atoms with E-state index in [9.17, 15) is 0 Å². The van der Waals surface area contributed by atoms with Crippen LogP contribution in [0, 0.1) is 11.8 Å². The fourth-order valence-corrected chi connectivity index (χ4v) is 1.98.